The average molecular weight is 521 g/mol. The summed E-state index contributed by atoms with van der Waals surface area (Å²) in [6, 6.07) is 0. The normalized spacial score (nSPS) is 14.6. The van der Waals surface area contributed by atoms with Gasteiger partial charge in [-0.3, -0.25) is 4.79 Å². The second-order valence-electron chi connectivity index (χ2n) is 11.1. The third-order valence-electron chi connectivity index (χ3n) is 6.38. The molecule has 0 aliphatic rings. The number of ether oxygens (including phenoxy) is 3. The van der Waals surface area contributed by atoms with Gasteiger partial charge in [0.05, 0.1) is 42.1 Å². The van der Waals surface area contributed by atoms with Crippen molar-refractivity contribution < 1.29 is 28.1 Å². The smallest absolute Gasteiger partial charge is 0.303 e. The summed E-state index contributed by atoms with van der Waals surface area (Å²) in [6.45, 7) is 5.45. The molecule has 0 bridgehead atoms. The molecule has 0 rings (SSSR count). The summed E-state index contributed by atoms with van der Waals surface area (Å²) < 4.78 is 30.4. The van der Waals surface area contributed by atoms with Gasteiger partial charge in [-0.2, -0.15) is 0 Å². The number of carbonyl (C=O) groups excluding carboxylic acids is 1. The summed E-state index contributed by atoms with van der Waals surface area (Å²) in [5, 5.41) is 0. The number of hydrogen-bond donors (Lipinski definition) is 0. The Labute approximate surface area is 218 Å². The van der Waals surface area contributed by atoms with Crippen LogP contribution in [-0.2, 0) is 23.6 Å². The summed E-state index contributed by atoms with van der Waals surface area (Å²) in [5.41, 5.74) is 0. The first-order valence-electron chi connectivity index (χ1n) is 14.3. The highest BCUT2D eigenvalue weighted by atomic mass is 31.1. The van der Waals surface area contributed by atoms with Crippen molar-refractivity contribution in [1.82, 2.24) is 0 Å². The quantitative estimate of drug-likeness (QED) is 0.0580. The largest absolute Gasteiger partial charge is 0.459 e. The minimum Gasteiger partial charge on any atom is -0.459 e. The second kappa shape index (κ2) is 22.8. The van der Waals surface area contributed by atoms with E-state index < -0.39 is 13.9 Å². The molecule has 0 saturated carbocycles. The van der Waals surface area contributed by atoms with Crippen molar-refractivity contribution in [3.8, 4) is 0 Å². The van der Waals surface area contributed by atoms with E-state index in [4.69, 9.17) is 14.2 Å². The molecule has 0 fully saturated rings. The number of nitrogens with zero attached hydrogens (tertiary/aromatic N) is 1. The van der Waals surface area contributed by atoms with Gasteiger partial charge in [0.2, 0.25) is 0 Å². The second-order valence-corrected chi connectivity index (χ2v) is 13.1. The van der Waals surface area contributed by atoms with Crippen LogP contribution in [0.4, 0.5) is 0 Å². The Morgan fingerprint density at radius 2 is 1.29 bits per heavy atom. The topological polar surface area (TPSA) is 61.8 Å². The van der Waals surface area contributed by atoms with Gasteiger partial charge < -0.3 is 23.3 Å². The van der Waals surface area contributed by atoms with Crippen molar-refractivity contribution in [2.45, 2.75) is 116 Å². The first-order valence-corrected chi connectivity index (χ1v) is 16.1. The molecule has 0 aromatic heterocycles. The zero-order valence-electron chi connectivity index (χ0n) is 24.1. The zero-order valence-corrected chi connectivity index (χ0v) is 25.1. The van der Waals surface area contributed by atoms with Crippen LogP contribution in [-0.4, -0.2) is 83.0 Å². The van der Waals surface area contributed by atoms with Crippen molar-refractivity contribution in [3.63, 3.8) is 0 Å². The van der Waals surface area contributed by atoms with Crippen LogP contribution in [0, 0.1) is 0 Å². The molecule has 0 radical (unpaired) electrons. The molecule has 0 amide bonds. The zero-order chi connectivity index (χ0) is 26.4. The van der Waals surface area contributed by atoms with Crippen LogP contribution < -0.4 is 0 Å². The van der Waals surface area contributed by atoms with Gasteiger partial charge in [0, 0.05) is 33.0 Å². The standard InChI is InChI=1S/C28H59NO5P/c1-7-8-9-10-11-12-13-14-15-16-17-18-19-20-22-33-27(24-32-6)28(34-26(2)30)25-35(31)23-21-29(3,4)5/h27-28,35H,7-25H2,1-6H3/q+1/t27-,28+/m0/s1. The van der Waals surface area contributed by atoms with E-state index in [-0.39, 0.29) is 12.1 Å². The number of hydrogen-bond acceptors (Lipinski definition) is 5. The monoisotopic (exact) mass is 520 g/mol. The van der Waals surface area contributed by atoms with Crippen LogP contribution in [0.2, 0.25) is 0 Å². The van der Waals surface area contributed by atoms with Crippen LogP contribution in [0.15, 0.2) is 0 Å². The van der Waals surface area contributed by atoms with Gasteiger partial charge in [0.25, 0.3) is 0 Å². The molecule has 0 aliphatic heterocycles. The average Bonchev–Trinajstić information content (AvgIpc) is 2.78. The molecule has 1 unspecified atom stereocenters. The first-order chi connectivity index (χ1) is 16.7. The van der Waals surface area contributed by atoms with Gasteiger partial charge in [-0.1, -0.05) is 90.4 Å². The van der Waals surface area contributed by atoms with E-state index in [0.29, 0.717) is 25.5 Å². The van der Waals surface area contributed by atoms with Crippen molar-refractivity contribution in [2.75, 3.05) is 60.3 Å². The molecule has 3 atom stereocenters. The van der Waals surface area contributed by atoms with E-state index in [9.17, 15) is 9.36 Å². The van der Waals surface area contributed by atoms with Crippen LogP contribution in [0.3, 0.4) is 0 Å². The van der Waals surface area contributed by atoms with Crippen molar-refractivity contribution in [1.29, 1.82) is 0 Å². The molecule has 0 saturated heterocycles. The van der Waals surface area contributed by atoms with E-state index in [2.05, 4.69) is 28.1 Å². The van der Waals surface area contributed by atoms with Gasteiger partial charge in [-0.05, 0) is 6.42 Å². The Kier molecular flexibility index (Phi) is 22.5. The van der Waals surface area contributed by atoms with E-state index in [0.717, 1.165) is 23.9 Å². The van der Waals surface area contributed by atoms with Crippen LogP contribution in [0.25, 0.3) is 0 Å². The highest BCUT2D eigenvalue weighted by Gasteiger charge is 2.27. The molecule has 0 aromatic carbocycles. The summed E-state index contributed by atoms with van der Waals surface area (Å²) >= 11 is 0. The van der Waals surface area contributed by atoms with E-state index >= 15 is 0 Å². The van der Waals surface area contributed by atoms with Crippen molar-refractivity contribution in [3.05, 3.63) is 0 Å². The predicted octanol–water partition coefficient (Wildman–Crippen LogP) is 6.70. The van der Waals surface area contributed by atoms with Gasteiger partial charge in [0.15, 0.2) is 0 Å². The summed E-state index contributed by atoms with van der Waals surface area (Å²) in [5.74, 6) is -0.363. The predicted molar refractivity (Wildman–Crippen MR) is 149 cm³/mol. The highest BCUT2D eigenvalue weighted by Crippen LogP contribution is 2.26. The fourth-order valence-electron chi connectivity index (χ4n) is 4.21. The minimum absolute atomic E-state index is 0.334. The third-order valence-corrected chi connectivity index (χ3v) is 8.02. The van der Waals surface area contributed by atoms with E-state index in [1.807, 2.05) is 0 Å². The van der Waals surface area contributed by atoms with Crippen LogP contribution in [0.5, 0.6) is 0 Å². The van der Waals surface area contributed by atoms with E-state index in [1.54, 1.807) is 7.11 Å². The minimum atomic E-state index is -1.87. The lowest BCUT2D eigenvalue weighted by Crippen LogP contribution is -2.40. The maximum atomic E-state index is 12.7. The number of esters is 1. The molecule has 0 spiro atoms. The molecule has 0 heterocycles. The molecular formula is C28H59NO5P+. The first kappa shape index (κ1) is 34.6. The molecule has 0 aliphatic carbocycles. The maximum absolute atomic E-state index is 12.7. The number of quaternary nitrogens is 1. The summed E-state index contributed by atoms with van der Waals surface area (Å²) in [4.78, 5) is 11.7. The number of methoxy groups -OCH3 is 1. The Morgan fingerprint density at radius 1 is 0.800 bits per heavy atom. The Balaban J connectivity index is 4.07. The fourth-order valence-corrected chi connectivity index (χ4v) is 6.13. The van der Waals surface area contributed by atoms with Crippen LogP contribution >= 0.6 is 7.80 Å². The Bertz CT molecular complexity index is 524. The maximum Gasteiger partial charge on any atom is 0.303 e. The van der Waals surface area contributed by atoms with Crippen molar-refractivity contribution in [2.24, 2.45) is 0 Å². The lowest BCUT2D eigenvalue weighted by atomic mass is 10.0. The summed E-state index contributed by atoms with van der Waals surface area (Å²) in [7, 11) is 6.02. The molecule has 7 heteroatoms. The SMILES string of the molecule is CCCCCCCCCCCCCCCCO[C@@H](COC)[C@@H](C[PH](=O)CC[N+](C)(C)C)OC(C)=O. The van der Waals surface area contributed by atoms with Gasteiger partial charge in [0.1, 0.15) is 12.2 Å². The highest BCUT2D eigenvalue weighted by molar-refractivity contribution is 7.44. The lowest BCUT2D eigenvalue weighted by molar-refractivity contribution is -0.867. The van der Waals surface area contributed by atoms with Gasteiger partial charge in [-0.15, -0.1) is 0 Å². The molecule has 210 valence electrons. The third kappa shape index (κ3) is 23.7. The number of unbranched alkanes of at least 4 members (excludes halogenated alkanes) is 13. The number of carbonyl (C=O) groups is 1. The van der Waals surface area contributed by atoms with Gasteiger partial charge >= 0.3 is 5.97 Å². The summed E-state index contributed by atoms with van der Waals surface area (Å²) in [6.07, 6.45) is 18.6. The Morgan fingerprint density at radius 3 is 1.71 bits per heavy atom. The fraction of sp³-hybridized carbons (Fsp3) is 0.964. The molecule has 0 N–H and O–H groups in total. The Hall–Kier alpha value is -0.420. The molecular weight excluding hydrogens is 461 g/mol. The lowest BCUT2D eigenvalue weighted by Gasteiger charge is -2.27. The van der Waals surface area contributed by atoms with Gasteiger partial charge in [-0.25, -0.2) is 0 Å². The molecule has 35 heavy (non-hydrogen) atoms. The van der Waals surface area contributed by atoms with Crippen molar-refractivity contribution >= 4 is 13.8 Å². The number of rotatable bonds is 25. The van der Waals surface area contributed by atoms with E-state index in [1.165, 1.54) is 84.0 Å². The molecule has 0 aromatic rings. The molecule has 6 nitrogen and oxygen atoms in total. The van der Waals surface area contributed by atoms with Crippen LogP contribution in [0.1, 0.15) is 104 Å².